The van der Waals surface area contributed by atoms with Crippen LogP contribution in [0.4, 0.5) is 5.69 Å². The van der Waals surface area contributed by atoms with Crippen molar-refractivity contribution in [3.63, 3.8) is 0 Å². The van der Waals surface area contributed by atoms with E-state index in [1.165, 1.54) is 12.1 Å². The lowest BCUT2D eigenvalue weighted by molar-refractivity contribution is 0.255. The molecular weight excluding hydrogens is 298 g/mol. The van der Waals surface area contributed by atoms with E-state index in [2.05, 4.69) is 76.7 Å². The highest BCUT2D eigenvalue weighted by Crippen LogP contribution is 2.19. The van der Waals surface area contributed by atoms with Crippen molar-refractivity contribution in [2.24, 2.45) is 4.99 Å². The minimum Gasteiger partial charge on any atom is -0.369 e. The Hall–Kier alpha value is -1.75. The van der Waals surface area contributed by atoms with E-state index in [0.29, 0.717) is 12.1 Å². The molecule has 0 aliphatic carbocycles. The average Bonchev–Trinajstić information content (AvgIpc) is 3.09. The Morgan fingerprint density at radius 1 is 1.38 bits per heavy atom. The molecule has 1 aromatic carbocycles. The van der Waals surface area contributed by atoms with E-state index in [1.54, 1.807) is 0 Å². The first kappa shape index (κ1) is 18.6. The molecule has 1 heterocycles. The zero-order valence-electron chi connectivity index (χ0n) is 15.6. The van der Waals surface area contributed by atoms with E-state index in [1.807, 2.05) is 7.05 Å². The van der Waals surface area contributed by atoms with Gasteiger partial charge in [-0.2, -0.15) is 0 Å². The van der Waals surface area contributed by atoms with Crippen molar-refractivity contribution in [1.82, 2.24) is 15.5 Å². The summed E-state index contributed by atoms with van der Waals surface area (Å²) in [5.74, 6) is 0.910. The lowest BCUT2D eigenvalue weighted by Gasteiger charge is -2.24. The Balaban J connectivity index is 1.74. The van der Waals surface area contributed by atoms with Crippen molar-refractivity contribution < 1.29 is 0 Å². The highest BCUT2D eigenvalue weighted by Gasteiger charge is 2.23. The predicted octanol–water partition coefficient (Wildman–Crippen LogP) is 2.16. The topological polar surface area (TPSA) is 42.9 Å². The van der Waals surface area contributed by atoms with Crippen LogP contribution in [0.3, 0.4) is 0 Å². The number of guanidine groups is 1. The number of likely N-dealkylation sites (N-methyl/N-ethyl adjacent to an activating group) is 1. The third-order valence-electron chi connectivity index (χ3n) is 4.97. The second-order valence-corrected chi connectivity index (χ2v) is 6.65. The molecule has 5 heteroatoms. The first-order chi connectivity index (χ1) is 11.6. The summed E-state index contributed by atoms with van der Waals surface area (Å²) < 4.78 is 0. The van der Waals surface area contributed by atoms with Gasteiger partial charge >= 0.3 is 0 Å². The van der Waals surface area contributed by atoms with Crippen LogP contribution in [0, 0.1) is 0 Å². The van der Waals surface area contributed by atoms with Crippen LogP contribution < -0.4 is 15.5 Å². The molecule has 2 atom stereocenters. The van der Waals surface area contributed by atoms with Gasteiger partial charge < -0.3 is 20.4 Å². The molecule has 0 saturated carbocycles. The molecule has 0 amide bonds. The summed E-state index contributed by atoms with van der Waals surface area (Å²) in [7, 11) is 4.03. The fraction of sp³-hybridized carbons (Fsp3) is 0.632. The zero-order valence-corrected chi connectivity index (χ0v) is 15.6. The highest BCUT2D eigenvalue weighted by molar-refractivity contribution is 5.80. The Kier molecular flexibility index (Phi) is 7.37. The van der Waals surface area contributed by atoms with Crippen LogP contribution in [0.25, 0.3) is 0 Å². The SMILES string of the molecule is CCC(C)N(C)CCNC(=NC)NC1CCN(c2ccccc2)C1. The van der Waals surface area contributed by atoms with E-state index in [4.69, 9.17) is 0 Å². The van der Waals surface area contributed by atoms with Gasteiger partial charge in [-0.3, -0.25) is 4.99 Å². The van der Waals surface area contributed by atoms with Gasteiger partial charge in [-0.25, -0.2) is 0 Å². The smallest absolute Gasteiger partial charge is 0.191 e. The van der Waals surface area contributed by atoms with Crippen molar-refractivity contribution in [1.29, 1.82) is 0 Å². The highest BCUT2D eigenvalue weighted by atomic mass is 15.2. The number of nitrogens with one attached hydrogen (secondary N) is 2. The van der Waals surface area contributed by atoms with Gasteiger partial charge in [-0.05, 0) is 38.9 Å². The number of nitrogens with zero attached hydrogens (tertiary/aromatic N) is 3. The molecule has 1 saturated heterocycles. The molecule has 1 aliphatic rings. The summed E-state index contributed by atoms with van der Waals surface area (Å²) >= 11 is 0. The molecule has 1 fully saturated rings. The van der Waals surface area contributed by atoms with Crippen molar-refractivity contribution in [2.75, 3.05) is 45.2 Å². The fourth-order valence-electron chi connectivity index (χ4n) is 3.02. The van der Waals surface area contributed by atoms with Gasteiger partial charge in [0.15, 0.2) is 5.96 Å². The van der Waals surface area contributed by atoms with Gasteiger partial charge in [0.25, 0.3) is 0 Å². The van der Waals surface area contributed by atoms with Crippen LogP contribution in [0.2, 0.25) is 0 Å². The number of hydrogen-bond donors (Lipinski definition) is 2. The number of hydrogen-bond acceptors (Lipinski definition) is 3. The lowest BCUT2D eigenvalue weighted by atomic mass is 10.2. The molecule has 1 aliphatic heterocycles. The van der Waals surface area contributed by atoms with Crippen LogP contribution in [-0.2, 0) is 0 Å². The summed E-state index contributed by atoms with van der Waals surface area (Å²) in [5, 5.41) is 7.00. The summed E-state index contributed by atoms with van der Waals surface area (Å²) in [6.07, 6.45) is 2.32. The average molecular weight is 332 g/mol. The van der Waals surface area contributed by atoms with Gasteiger partial charge in [-0.15, -0.1) is 0 Å². The molecule has 134 valence electrons. The number of anilines is 1. The Bertz CT molecular complexity index is 502. The van der Waals surface area contributed by atoms with Crippen molar-refractivity contribution in [3.8, 4) is 0 Å². The largest absolute Gasteiger partial charge is 0.369 e. The molecular formula is C19H33N5. The van der Waals surface area contributed by atoms with Crippen LogP contribution in [-0.4, -0.2) is 63.2 Å². The van der Waals surface area contributed by atoms with Crippen LogP contribution in [0.1, 0.15) is 26.7 Å². The Morgan fingerprint density at radius 3 is 2.79 bits per heavy atom. The van der Waals surface area contributed by atoms with E-state index in [0.717, 1.165) is 38.6 Å². The van der Waals surface area contributed by atoms with Gasteiger partial charge in [0.1, 0.15) is 0 Å². The third kappa shape index (κ3) is 5.41. The summed E-state index contributed by atoms with van der Waals surface area (Å²) in [6.45, 7) is 8.55. The lowest BCUT2D eigenvalue weighted by Crippen LogP contribution is -2.47. The number of benzene rings is 1. The van der Waals surface area contributed by atoms with E-state index in [-0.39, 0.29) is 0 Å². The zero-order chi connectivity index (χ0) is 17.4. The van der Waals surface area contributed by atoms with E-state index >= 15 is 0 Å². The molecule has 0 aromatic heterocycles. The number of rotatable bonds is 7. The second kappa shape index (κ2) is 9.52. The van der Waals surface area contributed by atoms with Gasteiger partial charge in [0, 0.05) is 51.0 Å². The van der Waals surface area contributed by atoms with Crippen LogP contribution >= 0.6 is 0 Å². The monoisotopic (exact) mass is 331 g/mol. The minimum absolute atomic E-state index is 0.448. The summed E-state index contributed by atoms with van der Waals surface area (Å²) in [5.41, 5.74) is 1.31. The minimum atomic E-state index is 0.448. The molecule has 5 nitrogen and oxygen atoms in total. The summed E-state index contributed by atoms with van der Waals surface area (Å²) in [6, 6.07) is 11.7. The molecule has 0 radical (unpaired) electrons. The van der Waals surface area contributed by atoms with Gasteiger partial charge in [0.05, 0.1) is 0 Å². The Morgan fingerprint density at radius 2 is 2.12 bits per heavy atom. The van der Waals surface area contributed by atoms with Gasteiger partial charge in [0.2, 0.25) is 0 Å². The summed E-state index contributed by atoms with van der Waals surface area (Å²) in [4.78, 5) is 9.18. The van der Waals surface area contributed by atoms with Crippen LogP contribution in [0.5, 0.6) is 0 Å². The van der Waals surface area contributed by atoms with Crippen molar-refractivity contribution >= 4 is 11.6 Å². The van der Waals surface area contributed by atoms with Crippen molar-refractivity contribution in [3.05, 3.63) is 30.3 Å². The first-order valence-electron chi connectivity index (χ1n) is 9.11. The number of para-hydroxylation sites is 1. The molecule has 24 heavy (non-hydrogen) atoms. The Labute approximate surface area is 147 Å². The van der Waals surface area contributed by atoms with Gasteiger partial charge in [-0.1, -0.05) is 25.1 Å². The predicted molar refractivity (Wildman–Crippen MR) is 104 cm³/mol. The normalized spacial score (nSPS) is 19.6. The molecule has 1 aromatic rings. The maximum absolute atomic E-state index is 4.37. The maximum atomic E-state index is 4.37. The fourth-order valence-corrected chi connectivity index (χ4v) is 3.02. The molecule has 0 spiro atoms. The quantitative estimate of drug-likeness (QED) is 0.594. The molecule has 0 bridgehead atoms. The molecule has 2 rings (SSSR count). The van der Waals surface area contributed by atoms with Crippen LogP contribution in [0.15, 0.2) is 35.3 Å². The first-order valence-corrected chi connectivity index (χ1v) is 9.11. The third-order valence-corrected chi connectivity index (χ3v) is 4.97. The molecule has 2 unspecified atom stereocenters. The second-order valence-electron chi connectivity index (χ2n) is 6.65. The van der Waals surface area contributed by atoms with Crippen molar-refractivity contribution in [2.45, 2.75) is 38.8 Å². The van der Waals surface area contributed by atoms with E-state index in [9.17, 15) is 0 Å². The maximum Gasteiger partial charge on any atom is 0.191 e. The van der Waals surface area contributed by atoms with E-state index < -0.39 is 0 Å². The molecule has 2 N–H and O–H groups in total. The standard InChI is InChI=1S/C19H33N5/c1-5-16(2)23(4)14-12-21-19(20-3)22-17-11-13-24(15-17)18-9-7-6-8-10-18/h6-10,16-17H,5,11-15H2,1-4H3,(H2,20,21,22). The number of aliphatic imine (C=N–C) groups is 1.